The highest BCUT2D eigenvalue weighted by Gasteiger charge is 2.07. The van der Waals surface area contributed by atoms with Crippen LogP contribution in [0.2, 0.25) is 0 Å². The van der Waals surface area contributed by atoms with Crippen LogP contribution in [0, 0.1) is 6.92 Å². The van der Waals surface area contributed by atoms with Crippen molar-refractivity contribution in [3.63, 3.8) is 0 Å². The number of aliphatic imine (C=N–C) groups is 1. The van der Waals surface area contributed by atoms with E-state index < -0.39 is 0 Å². The van der Waals surface area contributed by atoms with Crippen molar-refractivity contribution in [2.45, 2.75) is 46.1 Å². The molecule has 0 radical (unpaired) electrons. The summed E-state index contributed by atoms with van der Waals surface area (Å²) < 4.78 is 0. The van der Waals surface area contributed by atoms with Crippen LogP contribution in [0.15, 0.2) is 29.3 Å². The third-order valence-corrected chi connectivity index (χ3v) is 3.44. The highest BCUT2D eigenvalue weighted by Crippen LogP contribution is 2.14. The Morgan fingerprint density at radius 2 is 1.84 bits per heavy atom. The van der Waals surface area contributed by atoms with E-state index in [4.69, 9.17) is 0 Å². The molecule has 2 atom stereocenters. The second kappa shape index (κ2) is 7.82. The number of nitrogens with zero attached hydrogens (tertiary/aromatic N) is 1. The molecular weight excluding hydrogens is 234 g/mol. The van der Waals surface area contributed by atoms with E-state index in [0.29, 0.717) is 12.0 Å². The van der Waals surface area contributed by atoms with Gasteiger partial charge in [0, 0.05) is 19.6 Å². The first-order valence-corrected chi connectivity index (χ1v) is 7.10. The predicted octanol–water partition coefficient (Wildman–Crippen LogP) is 3.06. The third-order valence-electron chi connectivity index (χ3n) is 3.44. The van der Waals surface area contributed by atoms with Gasteiger partial charge >= 0.3 is 0 Å². The first kappa shape index (κ1) is 15.5. The minimum absolute atomic E-state index is 0.445. The number of hydrogen-bond acceptors (Lipinski definition) is 1. The van der Waals surface area contributed by atoms with Crippen molar-refractivity contribution in [3.05, 3.63) is 35.4 Å². The van der Waals surface area contributed by atoms with Crippen LogP contribution in [0.3, 0.4) is 0 Å². The van der Waals surface area contributed by atoms with E-state index in [2.05, 4.69) is 67.6 Å². The maximum Gasteiger partial charge on any atom is 0.191 e. The molecule has 0 aliphatic rings. The zero-order chi connectivity index (χ0) is 14.3. The monoisotopic (exact) mass is 261 g/mol. The second-order valence-electron chi connectivity index (χ2n) is 5.22. The van der Waals surface area contributed by atoms with E-state index in [1.54, 1.807) is 0 Å². The molecule has 19 heavy (non-hydrogen) atoms. The summed E-state index contributed by atoms with van der Waals surface area (Å²) in [5.74, 6) is 1.35. The van der Waals surface area contributed by atoms with Gasteiger partial charge in [-0.3, -0.25) is 4.99 Å². The molecule has 3 nitrogen and oxygen atoms in total. The maximum absolute atomic E-state index is 4.25. The van der Waals surface area contributed by atoms with Crippen molar-refractivity contribution in [1.29, 1.82) is 0 Å². The molecular formula is C16H27N3. The molecule has 0 saturated heterocycles. The normalized spacial score (nSPS) is 14.9. The smallest absolute Gasteiger partial charge is 0.191 e. The predicted molar refractivity (Wildman–Crippen MR) is 83.8 cm³/mol. The minimum atomic E-state index is 0.445. The van der Waals surface area contributed by atoms with Gasteiger partial charge in [-0.2, -0.15) is 0 Å². The summed E-state index contributed by atoms with van der Waals surface area (Å²) in [5, 5.41) is 6.76. The van der Waals surface area contributed by atoms with Crippen molar-refractivity contribution in [3.8, 4) is 0 Å². The Balaban J connectivity index is 2.48. The number of aryl methyl sites for hydroxylation is 1. The Labute approximate surface area is 117 Å². The molecule has 0 bridgehead atoms. The van der Waals surface area contributed by atoms with Gasteiger partial charge in [-0.15, -0.1) is 0 Å². The molecule has 1 aromatic carbocycles. The summed E-state index contributed by atoms with van der Waals surface area (Å²) in [6, 6.07) is 9.18. The number of guanidine groups is 1. The molecule has 1 aromatic rings. The van der Waals surface area contributed by atoms with Gasteiger partial charge in [-0.1, -0.05) is 43.7 Å². The van der Waals surface area contributed by atoms with Crippen LogP contribution in [0.5, 0.6) is 0 Å². The van der Waals surface area contributed by atoms with E-state index in [9.17, 15) is 0 Å². The molecule has 0 aliphatic heterocycles. The van der Waals surface area contributed by atoms with Crippen molar-refractivity contribution in [1.82, 2.24) is 10.6 Å². The SMILES string of the molecule is CCC(C)NC(=NC)NCC(C)c1ccc(C)cc1. The van der Waals surface area contributed by atoms with Gasteiger partial charge in [0.2, 0.25) is 0 Å². The molecule has 0 saturated carbocycles. The van der Waals surface area contributed by atoms with Crippen LogP contribution < -0.4 is 10.6 Å². The fraction of sp³-hybridized carbons (Fsp3) is 0.562. The largest absolute Gasteiger partial charge is 0.356 e. The number of hydrogen-bond donors (Lipinski definition) is 2. The molecule has 0 aromatic heterocycles. The lowest BCUT2D eigenvalue weighted by Crippen LogP contribution is -2.43. The lowest BCUT2D eigenvalue weighted by Gasteiger charge is -2.19. The third kappa shape index (κ3) is 5.33. The fourth-order valence-corrected chi connectivity index (χ4v) is 1.79. The quantitative estimate of drug-likeness (QED) is 0.631. The molecule has 2 N–H and O–H groups in total. The summed E-state index contributed by atoms with van der Waals surface area (Å²) >= 11 is 0. The van der Waals surface area contributed by atoms with Gasteiger partial charge < -0.3 is 10.6 Å². The molecule has 0 amide bonds. The van der Waals surface area contributed by atoms with E-state index in [-0.39, 0.29) is 0 Å². The Bertz CT molecular complexity index is 395. The van der Waals surface area contributed by atoms with Gasteiger partial charge in [-0.05, 0) is 31.7 Å². The van der Waals surface area contributed by atoms with Crippen LogP contribution in [0.1, 0.15) is 44.2 Å². The van der Waals surface area contributed by atoms with Gasteiger partial charge in [0.1, 0.15) is 0 Å². The Kier molecular flexibility index (Phi) is 6.40. The summed E-state index contributed by atoms with van der Waals surface area (Å²) in [6.07, 6.45) is 1.09. The van der Waals surface area contributed by atoms with Crippen LogP contribution in [-0.2, 0) is 0 Å². The summed E-state index contributed by atoms with van der Waals surface area (Å²) in [5.41, 5.74) is 2.66. The first-order chi connectivity index (χ1) is 9.06. The summed E-state index contributed by atoms with van der Waals surface area (Å²) in [7, 11) is 1.81. The topological polar surface area (TPSA) is 36.4 Å². The van der Waals surface area contributed by atoms with Crippen molar-refractivity contribution in [2.24, 2.45) is 4.99 Å². The van der Waals surface area contributed by atoms with Crippen LogP contribution in [0.25, 0.3) is 0 Å². The highest BCUT2D eigenvalue weighted by molar-refractivity contribution is 5.79. The summed E-state index contributed by atoms with van der Waals surface area (Å²) in [4.78, 5) is 4.25. The lowest BCUT2D eigenvalue weighted by molar-refractivity contribution is 0.614. The van der Waals surface area contributed by atoms with Crippen molar-refractivity contribution >= 4 is 5.96 Å². The molecule has 0 spiro atoms. The average Bonchev–Trinajstić information content (AvgIpc) is 2.43. The van der Waals surface area contributed by atoms with E-state index in [1.807, 2.05) is 7.05 Å². The zero-order valence-corrected chi connectivity index (χ0v) is 12.8. The van der Waals surface area contributed by atoms with Crippen LogP contribution in [-0.4, -0.2) is 25.6 Å². The molecule has 2 unspecified atom stereocenters. The number of rotatable bonds is 5. The molecule has 0 heterocycles. The zero-order valence-electron chi connectivity index (χ0n) is 12.8. The number of nitrogens with one attached hydrogen (secondary N) is 2. The van der Waals surface area contributed by atoms with Crippen molar-refractivity contribution in [2.75, 3.05) is 13.6 Å². The minimum Gasteiger partial charge on any atom is -0.356 e. The Morgan fingerprint density at radius 1 is 1.21 bits per heavy atom. The first-order valence-electron chi connectivity index (χ1n) is 7.10. The molecule has 0 aliphatic carbocycles. The highest BCUT2D eigenvalue weighted by atomic mass is 15.2. The van der Waals surface area contributed by atoms with E-state index in [1.165, 1.54) is 11.1 Å². The second-order valence-corrected chi connectivity index (χ2v) is 5.22. The molecule has 3 heteroatoms. The Morgan fingerprint density at radius 3 is 2.37 bits per heavy atom. The van der Waals surface area contributed by atoms with Gasteiger partial charge in [0.15, 0.2) is 5.96 Å². The summed E-state index contributed by atoms with van der Waals surface area (Å²) in [6.45, 7) is 9.56. The lowest BCUT2D eigenvalue weighted by atomic mass is 10.0. The van der Waals surface area contributed by atoms with Gasteiger partial charge in [-0.25, -0.2) is 0 Å². The van der Waals surface area contributed by atoms with Gasteiger partial charge in [0.05, 0.1) is 0 Å². The van der Waals surface area contributed by atoms with Gasteiger partial charge in [0.25, 0.3) is 0 Å². The van der Waals surface area contributed by atoms with Crippen LogP contribution >= 0.6 is 0 Å². The standard InChI is InChI=1S/C16H27N3/c1-6-14(4)19-16(17-5)18-11-13(3)15-9-7-12(2)8-10-15/h7-10,13-14H,6,11H2,1-5H3,(H2,17,18,19). The fourth-order valence-electron chi connectivity index (χ4n) is 1.79. The number of benzene rings is 1. The van der Waals surface area contributed by atoms with E-state index in [0.717, 1.165) is 18.9 Å². The molecule has 1 rings (SSSR count). The Hall–Kier alpha value is -1.51. The maximum atomic E-state index is 4.25. The van der Waals surface area contributed by atoms with Crippen molar-refractivity contribution < 1.29 is 0 Å². The van der Waals surface area contributed by atoms with Crippen LogP contribution in [0.4, 0.5) is 0 Å². The average molecular weight is 261 g/mol. The molecule has 0 fully saturated rings. The van der Waals surface area contributed by atoms with E-state index >= 15 is 0 Å². The molecule has 106 valence electrons.